The molecule has 4 rings (SSSR count). The lowest BCUT2D eigenvalue weighted by atomic mass is 10.2. The van der Waals surface area contributed by atoms with E-state index in [0.29, 0.717) is 21.8 Å². The van der Waals surface area contributed by atoms with E-state index in [-0.39, 0.29) is 17.8 Å². The second-order valence-corrected chi connectivity index (χ2v) is 7.19. The van der Waals surface area contributed by atoms with Gasteiger partial charge in [0.1, 0.15) is 0 Å². The minimum atomic E-state index is -4.64. The molecule has 4 aromatic rings. The summed E-state index contributed by atoms with van der Waals surface area (Å²) in [6, 6.07) is 11.0. The molecular formula is C20H16ClF3N6O. The zero-order chi connectivity index (χ0) is 22.2. The van der Waals surface area contributed by atoms with Crippen molar-refractivity contribution in [1.82, 2.24) is 25.3 Å². The van der Waals surface area contributed by atoms with E-state index in [1.54, 1.807) is 42.6 Å². The molecule has 160 valence electrons. The highest BCUT2D eigenvalue weighted by Crippen LogP contribution is 2.33. The highest BCUT2D eigenvalue weighted by atomic mass is 35.5. The fourth-order valence-electron chi connectivity index (χ4n) is 3.24. The lowest BCUT2D eigenvalue weighted by Crippen LogP contribution is -2.29. The van der Waals surface area contributed by atoms with Gasteiger partial charge in [0.25, 0.3) is 0 Å². The molecule has 0 unspecified atom stereocenters. The molecule has 0 aliphatic carbocycles. The Kier molecular flexibility index (Phi) is 5.32. The number of hydrogen-bond donors (Lipinski definition) is 3. The Morgan fingerprint density at radius 3 is 2.74 bits per heavy atom. The van der Waals surface area contributed by atoms with Crippen LogP contribution in [0.15, 0.2) is 48.7 Å². The van der Waals surface area contributed by atoms with Crippen molar-refractivity contribution in [3.05, 3.63) is 70.6 Å². The number of benzene rings is 2. The minimum Gasteiger partial charge on any atom is -0.332 e. The predicted octanol–water partition coefficient (Wildman–Crippen LogP) is 5.05. The summed E-state index contributed by atoms with van der Waals surface area (Å²) in [6.07, 6.45) is -3.07. The Morgan fingerprint density at radius 2 is 2.00 bits per heavy atom. The van der Waals surface area contributed by atoms with Gasteiger partial charge < -0.3 is 10.6 Å². The number of nitrogens with one attached hydrogen (secondary N) is 3. The smallest absolute Gasteiger partial charge is 0.332 e. The molecule has 2 aromatic heterocycles. The summed E-state index contributed by atoms with van der Waals surface area (Å²) in [7, 11) is 0. The van der Waals surface area contributed by atoms with E-state index < -0.39 is 17.9 Å². The predicted molar refractivity (Wildman–Crippen MR) is 110 cm³/mol. The number of amides is 2. The van der Waals surface area contributed by atoms with Crippen LogP contribution in [0.1, 0.15) is 17.0 Å². The van der Waals surface area contributed by atoms with Crippen LogP contribution in [0.4, 0.5) is 23.7 Å². The molecule has 7 nitrogen and oxygen atoms in total. The summed E-state index contributed by atoms with van der Waals surface area (Å²) >= 11 is 5.99. The van der Waals surface area contributed by atoms with Crippen LogP contribution in [-0.2, 0) is 12.7 Å². The number of halogens is 4. The molecule has 31 heavy (non-hydrogen) atoms. The maximum Gasteiger partial charge on any atom is 0.435 e. The zero-order valence-electron chi connectivity index (χ0n) is 16.1. The number of aromatic nitrogens is 4. The number of nitrogens with zero attached hydrogens (tertiary/aromatic N) is 3. The molecule has 0 atom stereocenters. The molecule has 11 heteroatoms. The van der Waals surface area contributed by atoms with Gasteiger partial charge in [-0.05, 0) is 37.3 Å². The number of H-pyrrole nitrogens is 1. The molecule has 0 spiro atoms. The number of hydrogen-bond acceptors (Lipinski definition) is 3. The fraction of sp³-hybridized carbons (Fsp3) is 0.150. The zero-order valence-corrected chi connectivity index (χ0v) is 16.8. The van der Waals surface area contributed by atoms with Crippen molar-refractivity contribution in [3.8, 4) is 5.69 Å². The van der Waals surface area contributed by atoms with Crippen molar-refractivity contribution in [2.75, 3.05) is 5.32 Å². The van der Waals surface area contributed by atoms with Crippen molar-refractivity contribution >= 4 is 34.2 Å². The fourth-order valence-corrected chi connectivity index (χ4v) is 3.42. The van der Waals surface area contributed by atoms with Crippen LogP contribution < -0.4 is 10.6 Å². The van der Waals surface area contributed by atoms with Crippen LogP contribution in [0, 0.1) is 6.92 Å². The molecule has 0 saturated heterocycles. The third-order valence-corrected chi connectivity index (χ3v) is 4.95. The molecule has 0 bridgehead atoms. The number of carbonyl (C=O) groups is 1. The van der Waals surface area contributed by atoms with Gasteiger partial charge in [0, 0.05) is 16.0 Å². The topological polar surface area (TPSA) is 87.6 Å². The number of fused-ring (bicyclic) bond motifs is 1. The summed E-state index contributed by atoms with van der Waals surface area (Å²) in [5.74, 6) is 0. The number of anilines is 1. The van der Waals surface area contributed by atoms with E-state index in [1.807, 2.05) is 0 Å². The van der Waals surface area contributed by atoms with Gasteiger partial charge in [0.05, 0.1) is 35.3 Å². The maximum absolute atomic E-state index is 13.4. The quantitative estimate of drug-likeness (QED) is 0.408. The van der Waals surface area contributed by atoms with Crippen LogP contribution in [-0.4, -0.2) is 26.0 Å². The molecular weight excluding hydrogens is 433 g/mol. The number of aromatic amines is 1. The molecule has 0 saturated carbocycles. The highest BCUT2D eigenvalue weighted by molar-refractivity contribution is 6.30. The van der Waals surface area contributed by atoms with E-state index in [0.717, 1.165) is 10.2 Å². The lowest BCUT2D eigenvalue weighted by molar-refractivity contribution is -0.141. The van der Waals surface area contributed by atoms with Gasteiger partial charge in [0.15, 0.2) is 5.69 Å². The first-order chi connectivity index (χ1) is 14.7. The van der Waals surface area contributed by atoms with Crippen LogP contribution in [0.5, 0.6) is 0 Å². The third-order valence-electron chi connectivity index (χ3n) is 4.71. The van der Waals surface area contributed by atoms with Crippen LogP contribution in [0.25, 0.3) is 16.6 Å². The average molecular weight is 449 g/mol. The summed E-state index contributed by atoms with van der Waals surface area (Å²) < 4.78 is 41.4. The van der Waals surface area contributed by atoms with Gasteiger partial charge in [0.2, 0.25) is 0 Å². The summed E-state index contributed by atoms with van der Waals surface area (Å²) in [5.41, 5.74) is 0.692. The number of rotatable bonds is 4. The van der Waals surface area contributed by atoms with Crippen molar-refractivity contribution < 1.29 is 18.0 Å². The number of carbonyl (C=O) groups excluding carboxylic acids is 1. The molecule has 2 heterocycles. The van der Waals surface area contributed by atoms with Gasteiger partial charge in [-0.3, -0.25) is 5.10 Å². The van der Waals surface area contributed by atoms with Crippen LogP contribution in [0.2, 0.25) is 5.02 Å². The van der Waals surface area contributed by atoms with Crippen LogP contribution in [0.3, 0.4) is 0 Å². The first-order valence-corrected chi connectivity index (χ1v) is 9.50. The second kappa shape index (κ2) is 7.95. The van der Waals surface area contributed by atoms with Gasteiger partial charge >= 0.3 is 12.2 Å². The largest absolute Gasteiger partial charge is 0.435 e. The number of alkyl halides is 3. The van der Waals surface area contributed by atoms with Crippen LogP contribution >= 0.6 is 11.6 Å². The second-order valence-electron chi connectivity index (χ2n) is 6.75. The van der Waals surface area contributed by atoms with Crippen molar-refractivity contribution in [3.63, 3.8) is 0 Å². The van der Waals surface area contributed by atoms with E-state index in [9.17, 15) is 18.0 Å². The Labute approximate surface area is 179 Å². The Hall–Kier alpha value is -3.53. The average Bonchev–Trinajstić information content (AvgIpc) is 3.31. The highest BCUT2D eigenvalue weighted by Gasteiger charge is 2.38. The lowest BCUT2D eigenvalue weighted by Gasteiger charge is -2.11. The van der Waals surface area contributed by atoms with Crippen molar-refractivity contribution in [2.45, 2.75) is 19.6 Å². The normalized spacial score (nSPS) is 11.6. The molecule has 0 aliphatic rings. The first kappa shape index (κ1) is 20.7. The van der Waals surface area contributed by atoms with Crippen molar-refractivity contribution in [1.29, 1.82) is 0 Å². The molecule has 3 N–H and O–H groups in total. The van der Waals surface area contributed by atoms with E-state index in [4.69, 9.17) is 11.6 Å². The maximum atomic E-state index is 13.4. The van der Waals surface area contributed by atoms with E-state index >= 15 is 0 Å². The van der Waals surface area contributed by atoms with Gasteiger partial charge in [-0.15, -0.1) is 0 Å². The molecule has 2 aromatic carbocycles. The third kappa shape index (κ3) is 4.19. The van der Waals surface area contributed by atoms with Gasteiger partial charge in [-0.25, -0.2) is 9.48 Å². The van der Waals surface area contributed by atoms with E-state index in [1.165, 1.54) is 13.0 Å². The standard InChI is InChI=1S/C20H16ClF3N6O/c1-11-17(10-25-19(31)27-15-6-3-7-16-14(15)9-26-28-16)30(29-18(11)20(22,23)24)13-5-2-4-12(21)8-13/h2-9H,10H2,1H3,(H,26,28)(H2,25,27,31). The SMILES string of the molecule is Cc1c(C(F)(F)F)nn(-c2cccc(Cl)c2)c1CNC(=O)Nc1cccc2[nH]ncc12. The van der Waals surface area contributed by atoms with Crippen molar-refractivity contribution in [2.24, 2.45) is 0 Å². The summed E-state index contributed by atoms with van der Waals surface area (Å²) in [6.45, 7) is 1.13. The molecule has 2 amide bonds. The van der Waals surface area contributed by atoms with Gasteiger partial charge in [-0.2, -0.15) is 23.4 Å². The monoisotopic (exact) mass is 448 g/mol. The molecule has 0 fully saturated rings. The Bertz CT molecular complexity index is 1260. The summed E-state index contributed by atoms with van der Waals surface area (Å²) in [5, 5.41) is 16.8. The van der Waals surface area contributed by atoms with E-state index in [2.05, 4.69) is 25.9 Å². The minimum absolute atomic E-state index is 0.0790. The summed E-state index contributed by atoms with van der Waals surface area (Å²) in [4.78, 5) is 12.4. The molecule has 0 radical (unpaired) electrons. The molecule has 0 aliphatic heterocycles. The Morgan fingerprint density at radius 1 is 1.23 bits per heavy atom. The number of urea groups is 1. The van der Waals surface area contributed by atoms with Gasteiger partial charge in [-0.1, -0.05) is 23.7 Å². The first-order valence-electron chi connectivity index (χ1n) is 9.12. The Balaban J connectivity index is 1.60.